The number of sulfone groups is 1. The summed E-state index contributed by atoms with van der Waals surface area (Å²) in [5, 5.41) is 0. The van der Waals surface area contributed by atoms with Crippen LogP contribution in [0.15, 0.2) is 68.3 Å². The number of amidine groups is 2. The van der Waals surface area contributed by atoms with Gasteiger partial charge < -0.3 is 9.80 Å². The molecule has 0 radical (unpaired) electrons. The number of hydrogen-bond acceptors (Lipinski definition) is 4. The lowest BCUT2D eigenvalue weighted by atomic mass is 10.2. The molecule has 0 saturated heterocycles. The predicted molar refractivity (Wildman–Crippen MR) is 148 cm³/mol. The molecule has 0 unspecified atom stereocenters. The van der Waals surface area contributed by atoms with Gasteiger partial charge in [0, 0.05) is 39.0 Å². The van der Waals surface area contributed by atoms with Crippen molar-refractivity contribution in [2.24, 2.45) is 9.98 Å². The van der Waals surface area contributed by atoms with Crippen LogP contribution in [0.4, 0.5) is 11.4 Å². The molecule has 6 nitrogen and oxygen atoms in total. The van der Waals surface area contributed by atoms with Crippen LogP contribution in [-0.2, 0) is 9.84 Å². The third kappa shape index (κ3) is 7.66. The Kier molecular flexibility index (Phi) is 11.4. The van der Waals surface area contributed by atoms with Gasteiger partial charge in [0.25, 0.3) is 0 Å². The summed E-state index contributed by atoms with van der Waals surface area (Å²) in [4.78, 5) is 14.6. The zero-order valence-electron chi connectivity index (χ0n) is 22.3. The molecule has 0 bridgehead atoms. The molecular weight excluding hydrogens is 456 g/mol. The number of benzene rings is 2. The molecule has 0 heterocycles. The van der Waals surface area contributed by atoms with E-state index in [1.54, 1.807) is 48.5 Å². The third-order valence-corrected chi connectivity index (χ3v) is 7.80. The van der Waals surface area contributed by atoms with Gasteiger partial charge in [-0.25, -0.2) is 18.4 Å². The van der Waals surface area contributed by atoms with Gasteiger partial charge in [0.1, 0.15) is 11.7 Å². The molecule has 0 atom stereocenters. The molecule has 0 saturated carbocycles. The summed E-state index contributed by atoms with van der Waals surface area (Å²) >= 11 is 0. The summed E-state index contributed by atoms with van der Waals surface area (Å²) < 4.78 is 26.4. The van der Waals surface area contributed by atoms with Crippen molar-refractivity contribution in [2.45, 2.75) is 77.0 Å². The molecule has 2 rings (SSSR count). The Morgan fingerprint density at radius 2 is 0.914 bits per heavy atom. The Morgan fingerprint density at radius 1 is 0.600 bits per heavy atom. The van der Waals surface area contributed by atoms with Crippen molar-refractivity contribution in [3.63, 3.8) is 0 Å². The molecule has 0 spiro atoms. The summed E-state index contributed by atoms with van der Waals surface area (Å²) in [5.41, 5.74) is 1.53. The minimum Gasteiger partial charge on any atom is -0.361 e. The van der Waals surface area contributed by atoms with Gasteiger partial charge in [-0.05, 0) is 89.1 Å². The Hall–Kier alpha value is -2.67. The highest BCUT2D eigenvalue weighted by Gasteiger charge is 2.18. The second kappa shape index (κ2) is 14.0. The van der Waals surface area contributed by atoms with E-state index in [9.17, 15) is 8.42 Å². The van der Waals surface area contributed by atoms with Crippen LogP contribution in [0.5, 0.6) is 0 Å². The van der Waals surface area contributed by atoms with Crippen LogP contribution in [-0.4, -0.2) is 56.1 Å². The van der Waals surface area contributed by atoms with Crippen LogP contribution in [0, 0.1) is 0 Å². The first-order valence-electron chi connectivity index (χ1n) is 12.9. The maximum Gasteiger partial charge on any atom is 0.206 e. The predicted octanol–water partition coefficient (Wildman–Crippen LogP) is 6.86. The van der Waals surface area contributed by atoms with Crippen LogP contribution in [0.3, 0.4) is 0 Å². The van der Waals surface area contributed by atoms with E-state index in [1.807, 2.05) is 0 Å². The normalized spacial score (nSPS) is 12.6. The molecule has 2 aromatic carbocycles. The van der Waals surface area contributed by atoms with Crippen LogP contribution < -0.4 is 0 Å². The minimum absolute atomic E-state index is 0.266. The summed E-state index contributed by atoms with van der Waals surface area (Å²) in [7, 11) is -3.62. The minimum atomic E-state index is -3.62. The first-order chi connectivity index (χ1) is 16.8. The van der Waals surface area contributed by atoms with Gasteiger partial charge in [-0.15, -0.1) is 0 Å². The lowest BCUT2D eigenvalue weighted by Gasteiger charge is -2.23. The van der Waals surface area contributed by atoms with E-state index in [0.717, 1.165) is 74.9 Å². The second-order valence-electron chi connectivity index (χ2n) is 8.39. The van der Waals surface area contributed by atoms with Crippen molar-refractivity contribution in [1.82, 2.24) is 9.80 Å². The van der Waals surface area contributed by atoms with Gasteiger partial charge in [-0.1, -0.05) is 13.8 Å². The highest BCUT2D eigenvalue weighted by molar-refractivity contribution is 7.91. The van der Waals surface area contributed by atoms with E-state index in [4.69, 9.17) is 9.98 Å². The fraction of sp³-hybridized carbons (Fsp3) is 0.500. The highest BCUT2D eigenvalue weighted by atomic mass is 32.2. The van der Waals surface area contributed by atoms with Gasteiger partial charge in [-0.2, -0.15) is 0 Å². The third-order valence-electron chi connectivity index (χ3n) is 6.01. The lowest BCUT2D eigenvalue weighted by Crippen LogP contribution is -2.30. The second-order valence-corrected chi connectivity index (χ2v) is 10.3. The Morgan fingerprint density at radius 3 is 1.17 bits per heavy atom. The van der Waals surface area contributed by atoms with Gasteiger partial charge in [0.05, 0.1) is 21.2 Å². The molecule has 0 aliphatic heterocycles. The number of hydrogen-bond donors (Lipinski definition) is 0. The largest absolute Gasteiger partial charge is 0.361 e. The fourth-order valence-electron chi connectivity index (χ4n) is 4.03. The molecule has 0 aliphatic carbocycles. The summed E-state index contributed by atoms with van der Waals surface area (Å²) in [6, 6.07) is 13.7. The van der Waals surface area contributed by atoms with E-state index in [0.29, 0.717) is 0 Å². The van der Waals surface area contributed by atoms with Crippen LogP contribution in [0.25, 0.3) is 0 Å². The quantitative estimate of drug-likeness (QED) is 0.237. The topological polar surface area (TPSA) is 65.3 Å². The van der Waals surface area contributed by atoms with Crippen LogP contribution >= 0.6 is 0 Å². The molecule has 2 aromatic rings. The molecular formula is C28H42N4O2S. The van der Waals surface area contributed by atoms with E-state index in [2.05, 4.69) is 51.3 Å². The van der Waals surface area contributed by atoms with Crippen molar-refractivity contribution in [1.29, 1.82) is 0 Å². The molecule has 7 heteroatoms. The van der Waals surface area contributed by atoms with E-state index >= 15 is 0 Å². The molecule has 0 aliphatic rings. The van der Waals surface area contributed by atoms with Crippen LogP contribution in [0.2, 0.25) is 0 Å². The summed E-state index contributed by atoms with van der Waals surface area (Å²) in [6.45, 7) is 16.4. The maximum absolute atomic E-state index is 13.2. The monoisotopic (exact) mass is 498 g/mol. The molecule has 0 fully saturated rings. The Bertz CT molecular complexity index is 985. The lowest BCUT2D eigenvalue weighted by molar-refractivity contribution is 0.454. The first-order valence-corrected chi connectivity index (χ1v) is 14.4. The number of aliphatic imine (C=N–C) groups is 2. The molecule has 0 N–H and O–H groups in total. The van der Waals surface area contributed by atoms with Crippen molar-refractivity contribution in [3.8, 4) is 0 Å². The van der Waals surface area contributed by atoms with Gasteiger partial charge in [0.2, 0.25) is 9.84 Å². The fourth-order valence-corrected chi connectivity index (χ4v) is 5.29. The average molecular weight is 499 g/mol. The molecule has 0 aromatic heterocycles. The summed E-state index contributed by atoms with van der Waals surface area (Å²) in [5.74, 6) is 2.08. The van der Waals surface area contributed by atoms with Crippen molar-refractivity contribution < 1.29 is 8.42 Å². The average Bonchev–Trinajstić information content (AvgIpc) is 2.86. The zero-order chi connectivity index (χ0) is 25.8. The van der Waals surface area contributed by atoms with E-state index in [-0.39, 0.29) is 9.79 Å². The van der Waals surface area contributed by atoms with Crippen molar-refractivity contribution in [2.75, 3.05) is 26.2 Å². The number of rotatable bonds is 12. The van der Waals surface area contributed by atoms with Gasteiger partial charge in [0.15, 0.2) is 0 Å². The van der Waals surface area contributed by atoms with Crippen LogP contribution in [0.1, 0.15) is 67.2 Å². The smallest absolute Gasteiger partial charge is 0.206 e. The highest BCUT2D eigenvalue weighted by Crippen LogP contribution is 2.26. The first kappa shape index (κ1) is 28.6. The molecule has 0 amide bonds. The van der Waals surface area contributed by atoms with Crippen molar-refractivity contribution >= 4 is 32.9 Å². The van der Waals surface area contributed by atoms with Crippen molar-refractivity contribution in [3.05, 3.63) is 48.5 Å². The molecule has 35 heavy (non-hydrogen) atoms. The standard InChI is InChI=1S/C28H42N4O2S/c1-7-13-27(31(9-3)10-4)29-23-15-19-25(20-16-23)35(33,34)26-21-17-24(18-22-26)30-28(14-8-2)32(11-5)12-6/h15-22H,7-14H2,1-6H3. The number of nitrogens with zero attached hydrogens (tertiary/aromatic N) is 4. The Labute approximate surface area is 212 Å². The van der Waals surface area contributed by atoms with Gasteiger partial charge >= 0.3 is 0 Å². The zero-order valence-corrected chi connectivity index (χ0v) is 23.1. The maximum atomic E-state index is 13.2. The van der Waals surface area contributed by atoms with Gasteiger partial charge in [-0.3, -0.25) is 0 Å². The van der Waals surface area contributed by atoms with E-state index < -0.39 is 9.84 Å². The molecule has 192 valence electrons. The van der Waals surface area contributed by atoms with E-state index in [1.165, 1.54) is 0 Å². The summed E-state index contributed by atoms with van der Waals surface area (Å²) in [6.07, 6.45) is 3.81. The SMILES string of the molecule is CCCC(=Nc1ccc(S(=O)(=O)c2ccc(N=C(CCC)N(CC)CC)cc2)cc1)N(CC)CC. The Balaban J connectivity index is 2.29.